The molecule has 0 aromatic heterocycles. The van der Waals surface area contributed by atoms with Crippen LogP contribution in [-0.2, 0) is 4.79 Å². The molecule has 0 saturated carbocycles. The summed E-state index contributed by atoms with van der Waals surface area (Å²) in [5.74, 6) is -0.462. The minimum absolute atomic E-state index is 0. The first-order valence-electron chi connectivity index (χ1n) is 2.54. The molecule has 1 aliphatic rings. The molecule has 1 heterocycles. The molecule has 56 valence electrons. The number of hydrogen-bond donors (Lipinski definition) is 2. The van der Waals surface area contributed by atoms with Gasteiger partial charge in [0.15, 0.2) is 6.17 Å². The number of nitrogens with two attached hydrogens (primary N) is 1. The van der Waals surface area contributed by atoms with Gasteiger partial charge in [0.05, 0.1) is 0 Å². The Morgan fingerprint density at radius 2 is 2.40 bits per heavy atom. The molecule has 0 spiro atoms. The van der Waals surface area contributed by atoms with Gasteiger partial charge in [0, 0.05) is 12.4 Å². The third-order valence-electron chi connectivity index (χ3n) is 0.941. The van der Waals surface area contributed by atoms with Crippen molar-refractivity contribution in [1.29, 1.82) is 0 Å². The molecule has 5 heteroatoms. The van der Waals surface area contributed by atoms with Crippen molar-refractivity contribution in [3.8, 4) is 0 Å². The van der Waals surface area contributed by atoms with Crippen molar-refractivity contribution in [2.24, 2.45) is 10.7 Å². The number of nitrogens with one attached hydrogen (secondary N) is 1. The summed E-state index contributed by atoms with van der Waals surface area (Å²) in [4.78, 5) is 14.1. The van der Waals surface area contributed by atoms with Crippen LogP contribution in [-0.4, -0.2) is 18.3 Å². The van der Waals surface area contributed by atoms with E-state index in [0.717, 1.165) is 0 Å². The zero-order valence-electron chi connectivity index (χ0n) is 5.12. The number of carbonyl (C=O) groups excluding carboxylic acids is 1. The van der Waals surface area contributed by atoms with Crippen LogP contribution in [0.4, 0.5) is 0 Å². The van der Waals surface area contributed by atoms with E-state index >= 15 is 0 Å². The molecule has 4 nitrogen and oxygen atoms in total. The van der Waals surface area contributed by atoms with Gasteiger partial charge < -0.3 is 23.5 Å². The molecular formula is C5H7ClN3O-. The number of rotatable bonds is 1. The summed E-state index contributed by atoms with van der Waals surface area (Å²) in [6.07, 6.45) is 4.28. The summed E-state index contributed by atoms with van der Waals surface area (Å²) in [5, 5.41) is 2.67. The molecule has 0 aromatic rings. The van der Waals surface area contributed by atoms with Crippen molar-refractivity contribution >= 4 is 12.1 Å². The fourth-order valence-electron chi connectivity index (χ4n) is 0.524. The van der Waals surface area contributed by atoms with Gasteiger partial charge in [-0.2, -0.15) is 0 Å². The maximum Gasteiger partial charge on any atom is 0.262 e. The van der Waals surface area contributed by atoms with Gasteiger partial charge in [0.1, 0.15) is 0 Å². The third-order valence-corrected chi connectivity index (χ3v) is 0.941. The summed E-state index contributed by atoms with van der Waals surface area (Å²) in [5.41, 5.74) is 4.92. The molecule has 1 rings (SSSR count). The Kier molecular flexibility index (Phi) is 3.49. The molecule has 0 radical (unpaired) electrons. The van der Waals surface area contributed by atoms with Crippen LogP contribution in [0.15, 0.2) is 17.3 Å². The standard InChI is InChI=1S/C5H7N3O.ClH/c6-4(9)5-7-2-1-3-8-5;/h1-3,5,7H,(H2,6,9);1H/p-1. The third kappa shape index (κ3) is 2.06. The number of amides is 1. The van der Waals surface area contributed by atoms with Crippen LogP contribution in [0.3, 0.4) is 0 Å². The van der Waals surface area contributed by atoms with Gasteiger partial charge in [0.2, 0.25) is 0 Å². The number of nitrogens with zero attached hydrogens (tertiary/aromatic N) is 1. The predicted octanol–water partition coefficient (Wildman–Crippen LogP) is -4.01. The second-order valence-electron chi connectivity index (χ2n) is 1.63. The lowest BCUT2D eigenvalue weighted by Crippen LogP contribution is -3.00. The lowest BCUT2D eigenvalue weighted by atomic mass is 10.4. The second kappa shape index (κ2) is 3.90. The van der Waals surface area contributed by atoms with E-state index in [9.17, 15) is 4.79 Å². The quantitative estimate of drug-likeness (QED) is 0.411. The molecule has 10 heavy (non-hydrogen) atoms. The minimum atomic E-state index is -0.574. The number of halogens is 1. The van der Waals surface area contributed by atoms with Crippen LogP contribution in [0, 0.1) is 0 Å². The van der Waals surface area contributed by atoms with Crippen molar-refractivity contribution in [2.45, 2.75) is 6.17 Å². The summed E-state index contributed by atoms with van der Waals surface area (Å²) in [6, 6.07) is 0. The van der Waals surface area contributed by atoms with Gasteiger partial charge in [-0.05, 0) is 6.08 Å². The molecule has 0 aliphatic carbocycles. The van der Waals surface area contributed by atoms with Gasteiger partial charge in [-0.25, -0.2) is 0 Å². The van der Waals surface area contributed by atoms with Crippen molar-refractivity contribution < 1.29 is 17.2 Å². The SMILES string of the molecule is NC(=O)C1N=CC=CN1.[Cl-]. The molecule has 0 fully saturated rings. The number of hydrogen-bond acceptors (Lipinski definition) is 3. The van der Waals surface area contributed by atoms with Gasteiger partial charge in [-0.15, -0.1) is 0 Å². The maximum atomic E-state index is 10.4. The molecule has 0 aromatic carbocycles. The van der Waals surface area contributed by atoms with Gasteiger partial charge in [0.25, 0.3) is 5.91 Å². The van der Waals surface area contributed by atoms with E-state index in [1.807, 2.05) is 0 Å². The highest BCUT2D eigenvalue weighted by atomic mass is 35.5. The van der Waals surface area contributed by atoms with E-state index in [4.69, 9.17) is 5.73 Å². The lowest BCUT2D eigenvalue weighted by molar-refractivity contribution is -0.119. The summed E-state index contributed by atoms with van der Waals surface area (Å²) in [7, 11) is 0. The molecular weight excluding hydrogens is 154 g/mol. The van der Waals surface area contributed by atoms with Crippen molar-refractivity contribution in [3.63, 3.8) is 0 Å². The molecule has 1 aliphatic heterocycles. The van der Waals surface area contributed by atoms with E-state index in [0.29, 0.717) is 0 Å². The van der Waals surface area contributed by atoms with Gasteiger partial charge >= 0.3 is 0 Å². The molecule has 1 amide bonds. The van der Waals surface area contributed by atoms with Crippen molar-refractivity contribution in [1.82, 2.24) is 5.32 Å². The fourth-order valence-corrected chi connectivity index (χ4v) is 0.524. The Bertz CT molecular complexity index is 178. The number of carbonyl (C=O) groups is 1. The molecule has 1 unspecified atom stereocenters. The number of allylic oxidation sites excluding steroid dienone is 1. The highest BCUT2D eigenvalue weighted by Gasteiger charge is 2.10. The van der Waals surface area contributed by atoms with Crippen LogP contribution in [0.5, 0.6) is 0 Å². The van der Waals surface area contributed by atoms with Crippen molar-refractivity contribution in [3.05, 3.63) is 12.3 Å². The van der Waals surface area contributed by atoms with Crippen LogP contribution >= 0.6 is 0 Å². The summed E-state index contributed by atoms with van der Waals surface area (Å²) >= 11 is 0. The predicted molar refractivity (Wildman–Crippen MR) is 33.8 cm³/mol. The molecule has 1 atom stereocenters. The normalized spacial score (nSPS) is 21.0. The number of aliphatic imine (C=N–C) groups is 1. The highest BCUT2D eigenvalue weighted by molar-refractivity contribution is 5.84. The minimum Gasteiger partial charge on any atom is -1.00 e. The monoisotopic (exact) mass is 160 g/mol. The van der Waals surface area contributed by atoms with Crippen LogP contribution in [0.25, 0.3) is 0 Å². The summed E-state index contributed by atoms with van der Waals surface area (Å²) in [6.45, 7) is 0. The van der Waals surface area contributed by atoms with Crippen LogP contribution < -0.4 is 23.5 Å². The average Bonchev–Trinajstić information content (AvgIpc) is 1.90. The zero-order chi connectivity index (χ0) is 6.69. The van der Waals surface area contributed by atoms with Gasteiger partial charge in [-0.3, -0.25) is 9.79 Å². The highest BCUT2D eigenvalue weighted by Crippen LogP contribution is 1.87. The first kappa shape index (κ1) is 8.97. The summed E-state index contributed by atoms with van der Waals surface area (Å²) < 4.78 is 0. The maximum absolute atomic E-state index is 10.4. The van der Waals surface area contributed by atoms with Crippen LogP contribution in [0.2, 0.25) is 0 Å². The Morgan fingerprint density at radius 3 is 2.70 bits per heavy atom. The van der Waals surface area contributed by atoms with Crippen LogP contribution in [0.1, 0.15) is 0 Å². The second-order valence-corrected chi connectivity index (χ2v) is 1.63. The average molecular weight is 161 g/mol. The first-order chi connectivity index (χ1) is 4.30. The van der Waals surface area contributed by atoms with E-state index in [-0.39, 0.29) is 12.4 Å². The fraction of sp³-hybridized carbons (Fsp3) is 0.200. The topological polar surface area (TPSA) is 67.5 Å². The van der Waals surface area contributed by atoms with Crippen molar-refractivity contribution in [2.75, 3.05) is 0 Å². The zero-order valence-corrected chi connectivity index (χ0v) is 5.88. The number of primary amides is 1. The molecule has 3 N–H and O–H groups in total. The first-order valence-corrected chi connectivity index (χ1v) is 2.54. The van der Waals surface area contributed by atoms with E-state index in [1.54, 1.807) is 12.3 Å². The Balaban J connectivity index is 0.000000810. The molecule has 0 saturated heterocycles. The Labute approximate surface area is 64.6 Å². The molecule has 0 bridgehead atoms. The largest absolute Gasteiger partial charge is 1.00 e. The van der Waals surface area contributed by atoms with E-state index in [2.05, 4.69) is 10.3 Å². The Hall–Kier alpha value is -1.03. The smallest absolute Gasteiger partial charge is 0.262 e. The lowest BCUT2D eigenvalue weighted by Gasteiger charge is -2.09. The Morgan fingerprint density at radius 1 is 1.70 bits per heavy atom. The van der Waals surface area contributed by atoms with E-state index < -0.39 is 12.1 Å². The van der Waals surface area contributed by atoms with Gasteiger partial charge in [-0.1, -0.05) is 0 Å². The van der Waals surface area contributed by atoms with E-state index in [1.165, 1.54) is 6.21 Å².